The quantitative estimate of drug-likeness (QED) is 0.916. The van der Waals surface area contributed by atoms with E-state index in [9.17, 15) is 4.79 Å². The molecular formula is C18H25ClN2O2. The molecule has 2 atom stereocenters. The standard InChI is InChI=1S/C18H25ClN2O2/c1-12-8-13(10-20)11-21(12)18(22)16-9-14(19)6-7-17(16)23-15-4-2-3-5-15/h6-7,9,12-13,15H,2-5,8,10-11,20H2,1H3. The molecule has 0 radical (unpaired) electrons. The number of halogens is 1. The van der Waals surface area contributed by atoms with Crippen LogP contribution in [0.15, 0.2) is 18.2 Å². The van der Waals surface area contributed by atoms with Crippen LogP contribution in [0.1, 0.15) is 49.4 Å². The van der Waals surface area contributed by atoms with Crippen molar-refractivity contribution in [2.24, 2.45) is 11.7 Å². The van der Waals surface area contributed by atoms with Crippen LogP contribution in [0, 0.1) is 5.92 Å². The van der Waals surface area contributed by atoms with Crippen molar-refractivity contribution in [1.29, 1.82) is 0 Å². The number of likely N-dealkylation sites (tertiary alicyclic amines) is 1. The summed E-state index contributed by atoms with van der Waals surface area (Å²) in [7, 11) is 0. The van der Waals surface area contributed by atoms with Crippen LogP contribution in [-0.2, 0) is 0 Å². The zero-order valence-corrected chi connectivity index (χ0v) is 14.4. The average molecular weight is 337 g/mol. The summed E-state index contributed by atoms with van der Waals surface area (Å²) < 4.78 is 6.10. The van der Waals surface area contributed by atoms with Gasteiger partial charge in [-0.1, -0.05) is 11.6 Å². The van der Waals surface area contributed by atoms with Gasteiger partial charge in [0.05, 0.1) is 11.7 Å². The second kappa shape index (κ2) is 7.10. The van der Waals surface area contributed by atoms with E-state index in [1.54, 1.807) is 12.1 Å². The maximum absolute atomic E-state index is 13.0. The van der Waals surface area contributed by atoms with Gasteiger partial charge in [-0.25, -0.2) is 0 Å². The van der Waals surface area contributed by atoms with E-state index in [4.69, 9.17) is 22.1 Å². The number of nitrogens with zero attached hydrogens (tertiary/aromatic N) is 1. The molecule has 1 aliphatic carbocycles. The van der Waals surface area contributed by atoms with Crippen molar-refractivity contribution >= 4 is 17.5 Å². The van der Waals surface area contributed by atoms with E-state index in [-0.39, 0.29) is 18.1 Å². The normalized spacial score (nSPS) is 25.1. The lowest BCUT2D eigenvalue weighted by molar-refractivity contribution is 0.0736. The molecule has 2 unspecified atom stereocenters. The molecule has 23 heavy (non-hydrogen) atoms. The average Bonchev–Trinajstić information content (AvgIpc) is 3.17. The predicted octanol–water partition coefficient (Wildman–Crippen LogP) is 3.47. The molecule has 0 bridgehead atoms. The Bertz CT molecular complexity index is 572. The van der Waals surface area contributed by atoms with Crippen LogP contribution < -0.4 is 10.5 Å². The molecule has 0 aromatic heterocycles. The third-order valence-corrected chi connectivity index (χ3v) is 5.26. The van der Waals surface area contributed by atoms with Crippen molar-refractivity contribution < 1.29 is 9.53 Å². The first kappa shape index (κ1) is 16.6. The molecule has 1 amide bonds. The number of ether oxygens (including phenoxy) is 1. The van der Waals surface area contributed by atoms with Gasteiger partial charge in [-0.2, -0.15) is 0 Å². The van der Waals surface area contributed by atoms with E-state index in [2.05, 4.69) is 6.92 Å². The highest BCUT2D eigenvalue weighted by Crippen LogP contribution is 2.32. The lowest BCUT2D eigenvalue weighted by Gasteiger charge is -2.24. The summed E-state index contributed by atoms with van der Waals surface area (Å²) in [5, 5.41) is 0.564. The second-order valence-corrected chi connectivity index (χ2v) is 7.25. The molecule has 2 N–H and O–H groups in total. The lowest BCUT2D eigenvalue weighted by Crippen LogP contribution is -2.35. The molecule has 4 nitrogen and oxygen atoms in total. The minimum Gasteiger partial charge on any atom is -0.490 e. The Kier molecular flexibility index (Phi) is 5.12. The van der Waals surface area contributed by atoms with Crippen molar-refractivity contribution in [2.75, 3.05) is 13.1 Å². The van der Waals surface area contributed by atoms with Crippen LogP contribution in [0.25, 0.3) is 0 Å². The van der Waals surface area contributed by atoms with E-state index >= 15 is 0 Å². The first-order valence-electron chi connectivity index (χ1n) is 8.55. The van der Waals surface area contributed by atoms with Gasteiger partial charge in [-0.3, -0.25) is 4.79 Å². The number of benzene rings is 1. The fraction of sp³-hybridized carbons (Fsp3) is 0.611. The summed E-state index contributed by atoms with van der Waals surface area (Å²) in [6.07, 6.45) is 5.69. The highest BCUT2D eigenvalue weighted by Gasteiger charge is 2.33. The lowest BCUT2D eigenvalue weighted by atomic mass is 10.1. The van der Waals surface area contributed by atoms with Crippen LogP contribution >= 0.6 is 11.6 Å². The number of hydrogen-bond acceptors (Lipinski definition) is 3. The summed E-state index contributed by atoms with van der Waals surface area (Å²) in [5.41, 5.74) is 6.35. The number of rotatable bonds is 4. The fourth-order valence-corrected chi connectivity index (χ4v) is 3.88. The van der Waals surface area contributed by atoms with E-state index in [0.29, 0.717) is 35.3 Å². The zero-order chi connectivity index (χ0) is 16.4. The molecule has 1 aromatic carbocycles. The van der Waals surface area contributed by atoms with Gasteiger partial charge in [0.2, 0.25) is 0 Å². The molecule has 2 fully saturated rings. The van der Waals surface area contributed by atoms with E-state index in [0.717, 1.165) is 19.3 Å². The largest absolute Gasteiger partial charge is 0.490 e. The van der Waals surface area contributed by atoms with Gasteiger partial charge in [0.15, 0.2) is 0 Å². The zero-order valence-electron chi connectivity index (χ0n) is 13.6. The Labute approximate surface area is 142 Å². The van der Waals surface area contributed by atoms with Gasteiger partial charge in [-0.15, -0.1) is 0 Å². The summed E-state index contributed by atoms with van der Waals surface area (Å²) in [5.74, 6) is 1.05. The van der Waals surface area contributed by atoms with Crippen molar-refractivity contribution in [3.8, 4) is 5.75 Å². The Morgan fingerprint density at radius 2 is 2.13 bits per heavy atom. The van der Waals surface area contributed by atoms with Crippen LogP contribution in [0.5, 0.6) is 5.75 Å². The molecule has 126 valence electrons. The number of carbonyl (C=O) groups is 1. The number of nitrogens with two attached hydrogens (primary N) is 1. The van der Waals surface area contributed by atoms with Crippen LogP contribution in [-0.4, -0.2) is 36.0 Å². The Morgan fingerprint density at radius 3 is 2.78 bits per heavy atom. The maximum atomic E-state index is 13.0. The third kappa shape index (κ3) is 3.64. The third-order valence-electron chi connectivity index (χ3n) is 5.02. The van der Waals surface area contributed by atoms with Crippen LogP contribution in [0.2, 0.25) is 5.02 Å². The molecule has 1 aliphatic heterocycles. The second-order valence-electron chi connectivity index (χ2n) is 6.81. The first-order chi connectivity index (χ1) is 11.1. The molecule has 1 heterocycles. The molecule has 1 aromatic rings. The van der Waals surface area contributed by atoms with Gasteiger partial charge >= 0.3 is 0 Å². The molecule has 2 aliphatic rings. The predicted molar refractivity (Wildman–Crippen MR) is 92.0 cm³/mol. The van der Waals surface area contributed by atoms with E-state index < -0.39 is 0 Å². The minimum atomic E-state index is 0.00365. The Morgan fingerprint density at radius 1 is 1.39 bits per heavy atom. The molecule has 1 saturated heterocycles. The summed E-state index contributed by atoms with van der Waals surface area (Å²) >= 11 is 6.13. The molecule has 0 spiro atoms. The van der Waals surface area contributed by atoms with Gasteiger partial charge in [0.1, 0.15) is 5.75 Å². The van der Waals surface area contributed by atoms with Gasteiger partial charge in [0.25, 0.3) is 5.91 Å². The number of amides is 1. The smallest absolute Gasteiger partial charge is 0.257 e. The maximum Gasteiger partial charge on any atom is 0.257 e. The molecule has 5 heteroatoms. The minimum absolute atomic E-state index is 0.00365. The highest BCUT2D eigenvalue weighted by molar-refractivity contribution is 6.31. The van der Waals surface area contributed by atoms with Crippen molar-refractivity contribution in [1.82, 2.24) is 4.90 Å². The van der Waals surface area contributed by atoms with E-state index in [1.807, 2.05) is 11.0 Å². The van der Waals surface area contributed by atoms with Gasteiger partial charge in [-0.05, 0) is 69.7 Å². The van der Waals surface area contributed by atoms with Crippen LogP contribution in [0.4, 0.5) is 0 Å². The van der Waals surface area contributed by atoms with Crippen molar-refractivity contribution in [3.63, 3.8) is 0 Å². The van der Waals surface area contributed by atoms with Crippen molar-refractivity contribution in [3.05, 3.63) is 28.8 Å². The van der Waals surface area contributed by atoms with Gasteiger partial charge in [0, 0.05) is 17.6 Å². The monoisotopic (exact) mass is 336 g/mol. The number of carbonyl (C=O) groups excluding carboxylic acids is 1. The molecule has 3 rings (SSSR count). The highest BCUT2D eigenvalue weighted by atomic mass is 35.5. The van der Waals surface area contributed by atoms with Crippen LogP contribution in [0.3, 0.4) is 0 Å². The first-order valence-corrected chi connectivity index (χ1v) is 8.93. The Hall–Kier alpha value is -1.26. The van der Waals surface area contributed by atoms with Crippen molar-refractivity contribution in [2.45, 2.75) is 51.2 Å². The topological polar surface area (TPSA) is 55.6 Å². The summed E-state index contributed by atoms with van der Waals surface area (Å²) in [4.78, 5) is 14.9. The van der Waals surface area contributed by atoms with Gasteiger partial charge < -0.3 is 15.4 Å². The SMILES string of the molecule is CC1CC(CN)CN1C(=O)c1cc(Cl)ccc1OC1CCCC1. The molecule has 1 saturated carbocycles. The van der Waals surface area contributed by atoms with E-state index in [1.165, 1.54) is 12.8 Å². The number of hydrogen-bond donors (Lipinski definition) is 1. The summed E-state index contributed by atoms with van der Waals surface area (Å²) in [6, 6.07) is 5.55. The molecular weight excluding hydrogens is 312 g/mol. The fourth-order valence-electron chi connectivity index (χ4n) is 3.71. The Balaban J connectivity index is 1.82. The summed E-state index contributed by atoms with van der Waals surface area (Å²) in [6.45, 7) is 3.41.